The standard InChI is InChI=1S/C15H22N2O2S/c1-5-16-14(18)10-17(6-2)15(19)13-9-12(20-4)8-7-11(13)3/h7-9H,5-6,10H2,1-4H3,(H,16,18). The molecule has 20 heavy (non-hydrogen) atoms. The van der Waals surface area contributed by atoms with Crippen LogP contribution >= 0.6 is 11.8 Å². The van der Waals surface area contributed by atoms with Gasteiger partial charge in [0.25, 0.3) is 5.91 Å². The summed E-state index contributed by atoms with van der Waals surface area (Å²) in [6.07, 6.45) is 1.98. The summed E-state index contributed by atoms with van der Waals surface area (Å²) in [6, 6.07) is 5.83. The summed E-state index contributed by atoms with van der Waals surface area (Å²) >= 11 is 1.60. The van der Waals surface area contributed by atoms with Crippen LogP contribution in [0.25, 0.3) is 0 Å². The largest absolute Gasteiger partial charge is 0.355 e. The Kier molecular flexibility index (Phi) is 6.58. The summed E-state index contributed by atoms with van der Waals surface area (Å²) in [4.78, 5) is 26.8. The number of amides is 2. The maximum Gasteiger partial charge on any atom is 0.254 e. The summed E-state index contributed by atoms with van der Waals surface area (Å²) in [7, 11) is 0. The van der Waals surface area contributed by atoms with Crippen molar-refractivity contribution in [1.82, 2.24) is 10.2 Å². The molecule has 0 heterocycles. The molecule has 1 aromatic carbocycles. The van der Waals surface area contributed by atoms with Crippen LogP contribution in [0.4, 0.5) is 0 Å². The van der Waals surface area contributed by atoms with E-state index < -0.39 is 0 Å². The predicted octanol–water partition coefficient (Wildman–Crippen LogP) is 2.32. The van der Waals surface area contributed by atoms with Gasteiger partial charge in [0, 0.05) is 23.5 Å². The topological polar surface area (TPSA) is 49.4 Å². The van der Waals surface area contributed by atoms with Crippen molar-refractivity contribution in [2.75, 3.05) is 25.9 Å². The number of nitrogens with one attached hydrogen (secondary N) is 1. The lowest BCUT2D eigenvalue weighted by Gasteiger charge is -2.21. The van der Waals surface area contributed by atoms with Crippen molar-refractivity contribution < 1.29 is 9.59 Å². The van der Waals surface area contributed by atoms with Crippen LogP contribution in [-0.2, 0) is 4.79 Å². The predicted molar refractivity (Wildman–Crippen MR) is 83.2 cm³/mol. The molecule has 1 rings (SSSR count). The van der Waals surface area contributed by atoms with Crippen molar-refractivity contribution in [3.05, 3.63) is 29.3 Å². The van der Waals surface area contributed by atoms with Crippen LogP contribution in [0.15, 0.2) is 23.1 Å². The minimum Gasteiger partial charge on any atom is -0.355 e. The second-order valence-corrected chi connectivity index (χ2v) is 5.33. The summed E-state index contributed by atoms with van der Waals surface area (Å²) < 4.78 is 0. The van der Waals surface area contributed by atoms with Crippen LogP contribution in [0.2, 0.25) is 0 Å². The van der Waals surface area contributed by atoms with Crippen LogP contribution < -0.4 is 5.32 Å². The maximum atomic E-state index is 12.5. The molecule has 0 spiro atoms. The Morgan fingerprint density at radius 1 is 1.30 bits per heavy atom. The van der Waals surface area contributed by atoms with Gasteiger partial charge in [0.2, 0.25) is 5.91 Å². The van der Waals surface area contributed by atoms with E-state index in [1.807, 2.05) is 45.2 Å². The smallest absolute Gasteiger partial charge is 0.254 e. The minimum absolute atomic E-state index is 0.0906. The average Bonchev–Trinajstić information content (AvgIpc) is 2.45. The minimum atomic E-state index is -0.124. The lowest BCUT2D eigenvalue weighted by Crippen LogP contribution is -2.40. The molecule has 0 bridgehead atoms. The Morgan fingerprint density at radius 3 is 2.55 bits per heavy atom. The number of benzene rings is 1. The van der Waals surface area contributed by atoms with Crippen LogP contribution in [-0.4, -0.2) is 42.6 Å². The summed E-state index contributed by atoms with van der Waals surface area (Å²) in [5, 5.41) is 2.72. The molecule has 4 nitrogen and oxygen atoms in total. The molecule has 0 atom stereocenters. The van der Waals surface area contributed by atoms with E-state index in [1.54, 1.807) is 16.7 Å². The van der Waals surface area contributed by atoms with E-state index in [0.717, 1.165) is 10.5 Å². The van der Waals surface area contributed by atoms with Crippen molar-refractivity contribution in [1.29, 1.82) is 0 Å². The number of rotatable bonds is 6. The van der Waals surface area contributed by atoms with Crippen molar-refractivity contribution >= 4 is 23.6 Å². The zero-order valence-electron chi connectivity index (χ0n) is 12.5. The van der Waals surface area contributed by atoms with E-state index in [1.165, 1.54) is 0 Å². The first-order valence-electron chi connectivity index (χ1n) is 6.74. The number of aryl methyl sites for hydroxylation is 1. The fourth-order valence-electron chi connectivity index (χ4n) is 1.88. The Hall–Kier alpha value is -1.49. The number of nitrogens with zero attached hydrogens (tertiary/aromatic N) is 1. The molecular formula is C15H22N2O2S. The first-order valence-corrected chi connectivity index (χ1v) is 7.96. The van der Waals surface area contributed by atoms with E-state index in [9.17, 15) is 9.59 Å². The Balaban J connectivity index is 2.93. The highest BCUT2D eigenvalue weighted by molar-refractivity contribution is 7.98. The van der Waals surface area contributed by atoms with E-state index in [4.69, 9.17) is 0 Å². The molecule has 0 aliphatic rings. The molecule has 0 saturated heterocycles. The third kappa shape index (κ3) is 4.27. The number of carbonyl (C=O) groups is 2. The molecule has 2 amide bonds. The molecule has 1 N–H and O–H groups in total. The van der Waals surface area contributed by atoms with Gasteiger partial charge < -0.3 is 10.2 Å². The fraction of sp³-hybridized carbons (Fsp3) is 0.467. The molecule has 0 aromatic heterocycles. The fourth-order valence-corrected chi connectivity index (χ4v) is 2.32. The summed E-state index contributed by atoms with van der Waals surface area (Å²) in [5.41, 5.74) is 1.60. The molecule has 0 aliphatic carbocycles. The number of thioether (sulfide) groups is 1. The molecule has 1 aromatic rings. The van der Waals surface area contributed by atoms with Crippen molar-refractivity contribution in [3.63, 3.8) is 0 Å². The van der Waals surface area contributed by atoms with Gasteiger partial charge in [-0.3, -0.25) is 9.59 Å². The normalized spacial score (nSPS) is 10.2. The van der Waals surface area contributed by atoms with Gasteiger partial charge in [-0.15, -0.1) is 11.8 Å². The van der Waals surface area contributed by atoms with Gasteiger partial charge in [-0.1, -0.05) is 6.07 Å². The number of likely N-dealkylation sites (N-methyl/N-ethyl adjacent to an activating group) is 2. The number of hydrogen-bond donors (Lipinski definition) is 1. The van der Waals surface area contributed by atoms with Crippen LogP contribution in [0.5, 0.6) is 0 Å². The molecule has 0 saturated carbocycles. The number of hydrogen-bond acceptors (Lipinski definition) is 3. The van der Waals surface area contributed by atoms with Crippen LogP contribution in [0, 0.1) is 6.92 Å². The van der Waals surface area contributed by atoms with Crippen molar-refractivity contribution in [3.8, 4) is 0 Å². The zero-order chi connectivity index (χ0) is 15.1. The van der Waals surface area contributed by atoms with Gasteiger partial charge in [-0.25, -0.2) is 0 Å². The molecule has 0 fully saturated rings. The van der Waals surface area contributed by atoms with Crippen LogP contribution in [0.3, 0.4) is 0 Å². The summed E-state index contributed by atoms with van der Waals surface area (Å²) in [5.74, 6) is -0.214. The lowest BCUT2D eigenvalue weighted by molar-refractivity contribution is -0.121. The zero-order valence-corrected chi connectivity index (χ0v) is 13.3. The Labute approximate surface area is 124 Å². The third-order valence-corrected chi connectivity index (χ3v) is 3.78. The highest BCUT2D eigenvalue weighted by atomic mass is 32.2. The van der Waals surface area contributed by atoms with Crippen molar-refractivity contribution in [2.24, 2.45) is 0 Å². The van der Waals surface area contributed by atoms with Crippen molar-refractivity contribution in [2.45, 2.75) is 25.7 Å². The monoisotopic (exact) mass is 294 g/mol. The lowest BCUT2D eigenvalue weighted by atomic mass is 10.1. The highest BCUT2D eigenvalue weighted by Gasteiger charge is 2.19. The molecular weight excluding hydrogens is 272 g/mol. The molecule has 0 radical (unpaired) electrons. The first kappa shape index (κ1) is 16.6. The Bertz CT molecular complexity index is 489. The molecule has 5 heteroatoms. The first-order chi connectivity index (χ1) is 9.53. The van der Waals surface area contributed by atoms with Gasteiger partial charge in [-0.05, 0) is 44.7 Å². The van der Waals surface area contributed by atoms with Gasteiger partial charge in [0.15, 0.2) is 0 Å². The molecule has 0 aliphatic heterocycles. The van der Waals surface area contributed by atoms with E-state index >= 15 is 0 Å². The molecule has 110 valence electrons. The average molecular weight is 294 g/mol. The summed E-state index contributed by atoms with van der Waals surface area (Å²) in [6.45, 7) is 6.85. The van der Waals surface area contributed by atoms with E-state index in [-0.39, 0.29) is 18.4 Å². The number of carbonyl (C=O) groups excluding carboxylic acids is 2. The van der Waals surface area contributed by atoms with Crippen LogP contribution in [0.1, 0.15) is 29.8 Å². The molecule has 0 unspecified atom stereocenters. The Morgan fingerprint density at radius 2 is 2.00 bits per heavy atom. The SMILES string of the molecule is CCNC(=O)CN(CC)C(=O)c1cc(SC)ccc1C. The van der Waals surface area contributed by atoms with Gasteiger partial charge in [0.05, 0.1) is 6.54 Å². The second kappa shape index (κ2) is 7.94. The quantitative estimate of drug-likeness (QED) is 0.819. The highest BCUT2D eigenvalue weighted by Crippen LogP contribution is 2.20. The van der Waals surface area contributed by atoms with E-state index in [0.29, 0.717) is 18.7 Å². The third-order valence-electron chi connectivity index (χ3n) is 3.05. The van der Waals surface area contributed by atoms with Gasteiger partial charge in [0.1, 0.15) is 0 Å². The van der Waals surface area contributed by atoms with Gasteiger partial charge >= 0.3 is 0 Å². The maximum absolute atomic E-state index is 12.5. The van der Waals surface area contributed by atoms with E-state index in [2.05, 4.69) is 5.32 Å². The van der Waals surface area contributed by atoms with Gasteiger partial charge in [-0.2, -0.15) is 0 Å². The second-order valence-electron chi connectivity index (χ2n) is 4.45.